The summed E-state index contributed by atoms with van der Waals surface area (Å²) in [5, 5.41) is 16.0. The molecular formula is C20H25N3O4. The maximum Gasteiger partial charge on any atom is 0.308 e. The standard InChI is InChI=1S/C20H25N3O4/c1-12(2)13-6-8-14(9-7-13)19-22-18(27-23-19)11-10-17(24)21-16-5-3-4-15(16)20(25)26/h6-9,12,15-16H,3-5,10-11H2,1-2H3,(H,21,24)(H,25,26)/t15-,16+/m0/s1. The van der Waals surface area contributed by atoms with E-state index in [1.165, 1.54) is 5.56 Å². The summed E-state index contributed by atoms with van der Waals surface area (Å²) in [6.45, 7) is 4.27. The number of benzene rings is 1. The summed E-state index contributed by atoms with van der Waals surface area (Å²) in [4.78, 5) is 27.7. The molecule has 7 nitrogen and oxygen atoms in total. The van der Waals surface area contributed by atoms with Crippen molar-refractivity contribution in [2.45, 2.75) is 57.9 Å². The van der Waals surface area contributed by atoms with Crippen LogP contribution in [0.5, 0.6) is 0 Å². The molecule has 1 amide bonds. The minimum absolute atomic E-state index is 0.186. The van der Waals surface area contributed by atoms with Crippen molar-refractivity contribution in [3.63, 3.8) is 0 Å². The zero-order chi connectivity index (χ0) is 19.4. The van der Waals surface area contributed by atoms with Crippen molar-refractivity contribution in [3.05, 3.63) is 35.7 Å². The number of nitrogens with zero attached hydrogens (tertiary/aromatic N) is 2. The molecule has 2 atom stereocenters. The Morgan fingerprint density at radius 2 is 2.00 bits per heavy atom. The highest BCUT2D eigenvalue weighted by Gasteiger charge is 2.33. The van der Waals surface area contributed by atoms with Crippen LogP contribution in [0.1, 0.15) is 56.9 Å². The SMILES string of the molecule is CC(C)c1ccc(-c2noc(CCC(=O)N[C@@H]3CCC[C@@H]3C(=O)O)n2)cc1. The van der Waals surface area contributed by atoms with Gasteiger partial charge in [0, 0.05) is 24.4 Å². The Kier molecular flexibility index (Phi) is 5.88. The van der Waals surface area contributed by atoms with Gasteiger partial charge in [-0.05, 0) is 24.3 Å². The van der Waals surface area contributed by atoms with Crippen LogP contribution in [-0.4, -0.2) is 33.2 Å². The zero-order valence-corrected chi connectivity index (χ0v) is 15.6. The summed E-state index contributed by atoms with van der Waals surface area (Å²) in [6, 6.07) is 7.73. The van der Waals surface area contributed by atoms with Crippen LogP contribution in [0.3, 0.4) is 0 Å². The fourth-order valence-electron chi connectivity index (χ4n) is 3.42. The molecule has 0 bridgehead atoms. The van der Waals surface area contributed by atoms with Gasteiger partial charge in [-0.25, -0.2) is 0 Å². The Bertz CT molecular complexity index is 798. The Hall–Kier alpha value is -2.70. The number of hydrogen-bond acceptors (Lipinski definition) is 5. The van der Waals surface area contributed by atoms with Crippen molar-refractivity contribution in [1.82, 2.24) is 15.5 Å². The first-order valence-electron chi connectivity index (χ1n) is 9.39. The van der Waals surface area contributed by atoms with Crippen LogP contribution >= 0.6 is 0 Å². The molecule has 2 aromatic rings. The topological polar surface area (TPSA) is 105 Å². The van der Waals surface area contributed by atoms with Crippen molar-refractivity contribution in [1.29, 1.82) is 0 Å². The van der Waals surface area contributed by atoms with Gasteiger partial charge in [-0.3, -0.25) is 9.59 Å². The van der Waals surface area contributed by atoms with Crippen molar-refractivity contribution >= 4 is 11.9 Å². The molecule has 1 aliphatic rings. The lowest BCUT2D eigenvalue weighted by atomic mass is 10.0. The van der Waals surface area contributed by atoms with Crippen LogP contribution in [0.4, 0.5) is 0 Å². The molecule has 1 aromatic heterocycles. The number of carbonyl (C=O) groups excluding carboxylic acids is 1. The minimum atomic E-state index is -0.845. The third-order valence-corrected chi connectivity index (χ3v) is 5.05. The second-order valence-electron chi connectivity index (χ2n) is 7.34. The van der Waals surface area contributed by atoms with Gasteiger partial charge in [0.05, 0.1) is 5.92 Å². The number of amides is 1. The lowest BCUT2D eigenvalue weighted by Crippen LogP contribution is -2.40. The predicted molar refractivity (Wildman–Crippen MR) is 99.1 cm³/mol. The van der Waals surface area contributed by atoms with Gasteiger partial charge in [-0.1, -0.05) is 49.7 Å². The Morgan fingerprint density at radius 3 is 2.67 bits per heavy atom. The minimum Gasteiger partial charge on any atom is -0.481 e. The molecule has 144 valence electrons. The molecule has 7 heteroatoms. The van der Waals surface area contributed by atoms with E-state index < -0.39 is 11.9 Å². The van der Waals surface area contributed by atoms with Crippen LogP contribution < -0.4 is 5.32 Å². The average Bonchev–Trinajstić information content (AvgIpc) is 3.29. The van der Waals surface area contributed by atoms with Crippen LogP contribution in [0.2, 0.25) is 0 Å². The number of nitrogens with one attached hydrogen (secondary N) is 1. The number of carbonyl (C=O) groups is 2. The van der Waals surface area contributed by atoms with Crippen LogP contribution in [-0.2, 0) is 16.0 Å². The first-order valence-corrected chi connectivity index (χ1v) is 9.39. The monoisotopic (exact) mass is 371 g/mol. The Labute approximate surface area is 158 Å². The third kappa shape index (κ3) is 4.72. The second-order valence-corrected chi connectivity index (χ2v) is 7.34. The fourth-order valence-corrected chi connectivity index (χ4v) is 3.42. The molecule has 0 aliphatic heterocycles. The van der Waals surface area contributed by atoms with E-state index in [2.05, 4.69) is 29.3 Å². The second kappa shape index (κ2) is 8.33. The van der Waals surface area contributed by atoms with E-state index >= 15 is 0 Å². The van der Waals surface area contributed by atoms with E-state index in [1.54, 1.807) is 0 Å². The van der Waals surface area contributed by atoms with E-state index in [1.807, 2.05) is 24.3 Å². The molecule has 1 fully saturated rings. The zero-order valence-electron chi connectivity index (χ0n) is 15.6. The predicted octanol–water partition coefficient (Wildman–Crippen LogP) is 3.16. The Morgan fingerprint density at radius 1 is 1.26 bits per heavy atom. The summed E-state index contributed by atoms with van der Waals surface area (Å²) < 4.78 is 5.24. The molecule has 3 rings (SSSR count). The number of aromatic nitrogens is 2. The lowest BCUT2D eigenvalue weighted by molar-refractivity contribution is -0.142. The molecule has 0 spiro atoms. The van der Waals surface area contributed by atoms with Gasteiger partial charge in [-0.15, -0.1) is 0 Å². The van der Waals surface area contributed by atoms with Gasteiger partial charge in [0.15, 0.2) is 0 Å². The molecule has 0 unspecified atom stereocenters. The van der Waals surface area contributed by atoms with Crippen molar-refractivity contribution in [2.24, 2.45) is 5.92 Å². The fraction of sp³-hybridized carbons (Fsp3) is 0.500. The highest BCUT2D eigenvalue weighted by molar-refractivity contribution is 5.78. The number of rotatable bonds is 7. The maximum absolute atomic E-state index is 12.1. The van der Waals surface area contributed by atoms with Crippen molar-refractivity contribution in [3.8, 4) is 11.4 Å². The molecule has 0 saturated heterocycles. The van der Waals surface area contributed by atoms with E-state index in [0.717, 1.165) is 12.0 Å². The van der Waals surface area contributed by atoms with Gasteiger partial charge >= 0.3 is 5.97 Å². The molecule has 1 aliphatic carbocycles. The largest absolute Gasteiger partial charge is 0.481 e. The molecule has 1 aromatic carbocycles. The smallest absolute Gasteiger partial charge is 0.308 e. The highest BCUT2D eigenvalue weighted by Crippen LogP contribution is 2.26. The molecule has 1 heterocycles. The summed E-state index contributed by atoms with van der Waals surface area (Å²) in [5.41, 5.74) is 2.11. The van der Waals surface area contributed by atoms with Crippen LogP contribution in [0, 0.1) is 5.92 Å². The van der Waals surface area contributed by atoms with E-state index in [9.17, 15) is 14.7 Å². The normalized spacial score (nSPS) is 19.4. The first-order chi connectivity index (χ1) is 12.9. The summed E-state index contributed by atoms with van der Waals surface area (Å²) in [5.74, 6) is -0.162. The van der Waals surface area contributed by atoms with Gasteiger partial charge in [0.1, 0.15) is 0 Å². The third-order valence-electron chi connectivity index (χ3n) is 5.05. The molecule has 0 radical (unpaired) electrons. The molecule has 2 N–H and O–H groups in total. The van der Waals surface area contributed by atoms with Crippen LogP contribution in [0.25, 0.3) is 11.4 Å². The lowest BCUT2D eigenvalue weighted by Gasteiger charge is -2.17. The van der Waals surface area contributed by atoms with Gasteiger partial charge in [-0.2, -0.15) is 4.98 Å². The quantitative estimate of drug-likeness (QED) is 0.774. The van der Waals surface area contributed by atoms with Gasteiger partial charge < -0.3 is 14.9 Å². The van der Waals surface area contributed by atoms with Gasteiger partial charge in [0.2, 0.25) is 17.6 Å². The van der Waals surface area contributed by atoms with Crippen LogP contribution in [0.15, 0.2) is 28.8 Å². The summed E-state index contributed by atoms with van der Waals surface area (Å²) in [6.07, 6.45) is 2.66. The van der Waals surface area contributed by atoms with Crippen molar-refractivity contribution in [2.75, 3.05) is 0 Å². The summed E-state index contributed by atoms with van der Waals surface area (Å²) >= 11 is 0. The number of aliphatic carboxylic acids is 1. The first kappa shape index (κ1) is 19.1. The van der Waals surface area contributed by atoms with Crippen molar-refractivity contribution < 1.29 is 19.2 Å². The number of hydrogen-bond donors (Lipinski definition) is 2. The summed E-state index contributed by atoms with van der Waals surface area (Å²) in [7, 11) is 0. The molecular weight excluding hydrogens is 346 g/mol. The molecule has 1 saturated carbocycles. The number of carboxylic acid groups (broad SMARTS) is 1. The highest BCUT2D eigenvalue weighted by atomic mass is 16.5. The van der Waals surface area contributed by atoms with E-state index in [0.29, 0.717) is 36.9 Å². The number of aryl methyl sites for hydroxylation is 1. The number of carboxylic acids is 1. The molecule has 27 heavy (non-hydrogen) atoms. The van der Waals surface area contributed by atoms with E-state index in [-0.39, 0.29) is 18.4 Å². The average molecular weight is 371 g/mol. The van der Waals surface area contributed by atoms with Gasteiger partial charge in [0.25, 0.3) is 0 Å². The maximum atomic E-state index is 12.1. The Balaban J connectivity index is 1.53. The van der Waals surface area contributed by atoms with E-state index in [4.69, 9.17) is 4.52 Å².